The van der Waals surface area contributed by atoms with Gasteiger partial charge < -0.3 is 24.3 Å². The van der Waals surface area contributed by atoms with Crippen LogP contribution in [0.25, 0.3) is 11.1 Å². The minimum absolute atomic E-state index is 0.00218. The van der Waals surface area contributed by atoms with Gasteiger partial charge in [-0.15, -0.1) is 0 Å². The highest BCUT2D eigenvalue weighted by molar-refractivity contribution is 5.86. The molecular weight excluding hydrogens is 486 g/mol. The summed E-state index contributed by atoms with van der Waals surface area (Å²) in [6.45, 7) is 3.51. The van der Waals surface area contributed by atoms with Gasteiger partial charge in [-0.3, -0.25) is 4.79 Å². The van der Waals surface area contributed by atoms with E-state index in [0.717, 1.165) is 27.8 Å². The number of rotatable bonds is 11. The van der Waals surface area contributed by atoms with Gasteiger partial charge in [0.25, 0.3) is 0 Å². The average molecular weight is 516 g/mol. The van der Waals surface area contributed by atoms with Crippen LogP contribution in [0.5, 0.6) is 5.75 Å². The van der Waals surface area contributed by atoms with Gasteiger partial charge in [-0.25, -0.2) is 9.59 Å². The number of nitrogens with one attached hydrogen (secondary N) is 1. The highest BCUT2D eigenvalue weighted by atomic mass is 16.6. The monoisotopic (exact) mass is 515 g/mol. The van der Waals surface area contributed by atoms with E-state index in [1.807, 2.05) is 48.5 Å². The molecule has 3 aromatic carbocycles. The predicted molar refractivity (Wildman–Crippen MR) is 141 cm³/mol. The van der Waals surface area contributed by atoms with Crippen LogP contribution in [0.15, 0.2) is 85.5 Å². The number of hydrogen-bond acceptors (Lipinski definition) is 7. The molecule has 0 saturated carbocycles. The van der Waals surface area contributed by atoms with E-state index < -0.39 is 30.5 Å². The summed E-state index contributed by atoms with van der Waals surface area (Å²) in [6.07, 6.45) is 0.135. The summed E-state index contributed by atoms with van der Waals surface area (Å²) in [4.78, 5) is 37.7. The summed E-state index contributed by atoms with van der Waals surface area (Å²) in [6, 6.07) is 21.7. The molecule has 0 spiro atoms. The topological polar surface area (TPSA) is 100 Å². The summed E-state index contributed by atoms with van der Waals surface area (Å²) >= 11 is 0. The van der Waals surface area contributed by atoms with Crippen molar-refractivity contribution in [1.82, 2.24) is 5.32 Å². The third-order valence-electron chi connectivity index (χ3n) is 6.19. The summed E-state index contributed by atoms with van der Waals surface area (Å²) < 4.78 is 21.0. The molecule has 0 fully saturated rings. The Morgan fingerprint density at radius 2 is 1.53 bits per heavy atom. The van der Waals surface area contributed by atoms with Crippen molar-refractivity contribution in [2.45, 2.75) is 25.0 Å². The molecule has 196 valence electrons. The summed E-state index contributed by atoms with van der Waals surface area (Å²) in [7, 11) is 1.56. The minimum atomic E-state index is -1.28. The molecule has 38 heavy (non-hydrogen) atoms. The van der Waals surface area contributed by atoms with Crippen LogP contribution < -0.4 is 10.1 Å². The molecule has 0 aromatic heterocycles. The Hall–Kier alpha value is -4.59. The van der Waals surface area contributed by atoms with E-state index in [0.29, 0.717) is 5.75 Å². The second-order valence-corrected chi connectivity index (χ2v) is 8.65. The Labute approximate surface area is 221 Å². The molecule has 0 bridgehead atoms. The third-order valence-corrected chi connectivity index (χ3v) is 6.19. The first-order valence-corrected chi connectivity index (χ1v) is 12.2. The SMILES string of the molecule is C=CCOC(=O)[C@H](CC(=O)OCc1ccc(OC)cc1)NC(=O)OCC1c2ccccc2-c2ccccc21. The molecule has 8 heteroatoms. The Balaban J connectivity index is 1.36. The van der Waals surface area contributed by atoms with E-state index in [1.54, 1.807) is 31.4 Å². The fraction of sp³-hybridized carbons (Fsp3) is 0.233. The molecule has 1 aliphatic rings. The van der Waals surface area contributed by atoms with E-state index in [-0.39, 0.29) is 25.7 Å². The van der Waals surface area contributed by atoms with E-state index in [1.165, 1.54) is 6.08 Å². The molecule has 0 heterocycles. The van der Waals surface area contributed by atoms with Crippen LogP contribution in [0.2, 0.25) is 0 Å². The van der Waals surface area contributed by atoms with Gasteiger partial charge in [0.2, 0.25) is 0 Å². The lowest BCUT2D eigenvalue weighted by molar-refractivity contribution is -0.152. The van der Waals surface area contributed by atoms with Gasteiger partial charge in [0.15, 0.2) is 0 Å². The van der Waals surface area contributed by atoms with E-state index >= 15 is 0 Å². The van der Waals surface area contributed by atoms with Crippen LogP contribution in [-0.4, -0.2) is 44.4 Å². The van der Waals surface area contributed by atoms with Crippen molar-refractivity contribution in [2.75, 3.05) is 20.3 Å². The molecule has 1 N–H and O–H groups in total. The lowest BCUT2D eigenvalue weighted by Crippen LogP contribution is -2.44. The summed E-state index contributed by atoms with van der Waals surface area (Å²) in [5.41, 5.74) is 5.07. The molecule has 0 aliphatic heterocycles. The normalized spacial score (nSPS) is 12.4. The van der Waals surface area contributed by atoms with Gasteiger partial charge in [-0.1, -0.05) is 73.3 Å². The zero-order valence-electron chi connectivity index (χ0n) is 21.1. The number of carbonyl (C=O) groups excluding carboxylic acids is 3. The van der Waals surface area contributed by atoms with Crippen LogP contribution in [-0.2, 0) is 30.4 Å². The van der Waals surface area contributed by atoms with Crippen molar-refractivity contribution in [1.29, 1.82) is 0 Å². The Morgan fingerprint density at radius 3 is 2.13 bits per heavy atom. The van der Waals surface area contributed by atoms with Crippen molar-refractivity contribution in [3.63, 3.8) is 0 Å². The smallest absolute Gasteiger partial charge is 0.407 e. The number of amides is 1. The first kappa shape index (κ1) is 26.5. The fourth-order valence-electron chi connectivity index (χ4n) is 4.33. The molecule has 1 amide bonds. The van der Waals surface area contributed by atoms with Crippen LogP contribution in [0.4, 0.5) is 4.79 Å². The van der Waals surface area contributed by atoms with Crippen molar-refractivity contribution in [2.24, 2.45) is 0 Å². The first-order chi connectivity index (χ1) is 18.5. The molecule has 0 radical (unpaired) electrons. The standard InChI is InChI=1S/C30H29NO7/c1-3-16-36-29(33)27(17-28(32)37-18-20-12-14-21(35-2)15-13-20)31-30(34)38-19-26-24-10-6-4-8-22(24)23-9-5-7-11-25(23)26/h3-15,26-27H,1,16-19H2,2H3,(H,31,34)/t27-/m0/s1. The molecule has 0 unspecified atom stereocenters. The largest absolute Gasteiger partial charge is 0.497 e. The van der Waals surface area contributed by atoms with Crippen LogP contribution in [0.3, 0.4) is 0 Å². The highest BCUT2D eigenvalue weighted by Gasteiger charge is 2.31. The predicted octanol–water partition coefficient (Wildman–Crippen LogP) is 4.77. The second kappa shape index (κ2) is 12.6. The van der Waals surface area contributed by atoms with Gasteiger partial charge in [0.1, 0.15) is 31.6 Å². The third kappa shape index (κ3) is 6.39. The minimum Gasteiger partial charge on any atom is -0.497 e. The van der Waals surface area contributed by atoms with Crippen molar-refractivity contribution in [3.8, 4) is 16.9 Å². The van der Waals surface area contributed by atoms with Gasteiger partial charge in [0.05, 0.1) is 13.5 Å². The van der Waals surface area contributed by atoms with Crippen molar-refractivity contribution < 1.29 is 33.3 Å². The van der Waals surface area contributed by atoms with Gasteiger partial charge in [-0.05, 0) is 39.9 Å². The Kier molecular flexibility index (Phi) is 8.77. The lowest BCUT2D eigenvalue weighted by atomic mass is 9.98. The number of ether oxygens (including phenoxy) is 4. The van der Waals surface area contributed by atoms with Gasteiger partial charge in [0, 0.05) is 5.92 Å². The van der Waals surface area contributed by atoms with E-state index in [2.05, 4.69) is 11.9 Å². The van der Waals surface area contributed by atoms with Crippen molar-refractivity contribution >= 4 is 18.0 Å². The fourth-order valence-corrected chi connectivity index (χ4v) is 4.33. The van der Waals surface area contributed by atoms with Crippen LogP contribution in [0.1, 0.15) is 29.0 Å². The first-order valence-electron chi connectivity index (χ1n) is 12.2. The maximum atomic E-state index is 12.7. The molecule has 3 aromatic rings. The number of fused-ring (bicyclic) bond motifs is 3. The van der Waals surface area contributed by atoms with Crippen LogP contribution >= 0.6 is 0 Å². The zero-order chi connectivity index (χ0) is 26.9. The van der Waals surface area contributed by atoms with Gasteiger partial charge >= 0.3 is 18.0 Å². The maximum absolute atomic E-state index is 12.7. The lowest BCUT2D eigenvalue weighted by Gasteiger charge is -2.18. The molecule has 0 saturated heterocycles. The number of methoxy groups -OCH3 is 1. The molecule has 4 rings (SSSR count). The highest BCUT2D eigenvalue weighted by Crippen LogP contribution is 2.44. The number of esters is 2. The second-order valence-electron chi connectivity index (χ2n) is 8.65. The number of benzene rings is 3. The number of carbonyl (C=O) groups is 3. The Morgan fingerprint density at radius 1 is 0.895 bits per heavy atom. The molecule has 8 nitrogen and oxygen atoms in total. The average Bonchev–Trinajstić information content (AvgIpc) is 3.27. The number of hydrogen-bond donors (Lipinski definition) is 1. The molecule has 1 atom stereocenters. The quantitative estimate of drug-likeness (QED) is 0.223. The van der Waals surface area contributed by atoms with Crippen molar-refractivity contribution in [3.05, 3.63) is 102 Å². The molecular formula is C30H29NO7. The zero-order valence-corrected chi connectivity index (χ0v) is 21.1. The Bertz CT molecular complexity index is 1260. The summed E-state index contributed by atoms with van der Waals surface area (Å²) in [5.74, 6) is -0.939. The molecule has 1 aliphatic carbocycles. The maximum Gasteiger partial charge on any atom is 0.407 e. The number of alkyl carbamates (subject to hydrolysis) is 1. The summed E-state index contributed by atoms with van der Waals surface area (Å²) in [5, 5.41) is 2.45. The van der Waals surface area contributed by atoms with E-state index in [4.69, 9.17) is 18.9 Å². The van der Waals surface area contributed by atoms with Gasteiger partial charge in [-0.2, -0.15) is 0 Å². The van der Waals surface area contributed by atoms with E-state index in [9.17, 15) is 14.4 Å². The van der Waals surface area contributed by atoms with Crippen LogP contribution in [0, 0.1) is 0 Å².